The predicted octanol–water partition coefficient (Wildman–Crippen LogP) is 3.98. The smallest absolute Gasteiger partial charge is 0.238 e. The molecular weight excluding hydrogens is 272 g/mol. The Hall–Kier alpha value is -2.13. The maximum Gasteiger partial charge on any atom is 0.238 e. The largest absolute Gasteiger partial charge is 0.325 e. The summed E-state index contributed by atoms with van der Waals surface area (Å²) in [4.78, 5) is 12.1. The van der Waals surface area contributed by atoms with Crippen LogP contribution in [0.2, 0.25) is 0 Å². The van der Waals surface area contributed by atoms with Crippen LogP contribution in [0.25, 0.3) is 0 Å². The lowest BCUT2D eigenvalue weighted by Gasteiger charge is -2.17. The molecule has 2 aromatic carbocycles. The Bertz CT molecular complexity index is 602. The first-order valence-corrected chi connectivity index (χ1v) is 7.75. The van der Waals surface area contributed by atoms with Gasteiger partial charge in [-0.1, -0.05) is 43.3 Å². The number of hydrogen-bond acceptors (Lipinski definition) is 2. The van der Waals surface area contributed by atoms with Gasteiger partial charge in [-0.05, 0) is 49.1 Å². The molecule has 0 saturated heterocycles. The van der Waals surface area contributed by atoms with Gasteiger partial charge in [0, 0.05) is 11.7 Å². The minimum atomic E-state index is -0.0145. The number of nitrogens with one attached hydrogen (secondary N) is 2. The van der Waals surface area contributed by atoms with Crippen LogP contribution in [-0.2, 0) is 4.79 Å². The van der Waals surface area contributed by atoms with Crippen LogP contribution in [0.15, 0.2) is 48.5 Å². The number of anilines is 1. The van der Waals surface area contributed by atoms with Crippen molar-refractivity contribution in [2.45, 2.75) is 33.2 Å². The van der Waals surface area contributed by atoms with Crippen LogP contribution in [0.3, 0.4) is 0 Å². The van der Waals surface area contributed by atoms with Crippen molar-refractivity contribution >= 4 is 11.6 Å². The molecule has 0 aromatic heterocycles. The second-order valence-electron chi connectivity index (χ2n) is 5.68. The lowest BCUT2D eigenvalue weighted by atomic mass is 10.0. The normalized spacial score (nSPS) is 12.0. The number of hydrogen-bond donors (Lipinski definition) is 2. The highest BCUT2D eigenvalue weighted by Gasteiger charge is 2.10. The molecule has 2 rings (SSSR count). The van der Waals surface area contributed by atoms with Crippen molar-refractivity contribution in [1.82, 2.24) is 5.32 Å². The van der Waals surface area contributed by atoms with Crippen molar-refractivity contribution < 1.29 is 4.79 Å². The molecule has 0 radical (unpaired) electrons. The van der Waals surface area contributed by atoms with E-state index in [1.165, 1.54) is 5.56 Å². The first-order valence-electron chi connectivity index (χ1n) is 7.75. The fraction of sp³-hybridized carbons (Fsp3) is 0.316. The third kappa shape index (κ3) is 4.71. The fourth-order valence-corrected chi connectivity index (χ4v) is 2.65. The highest BCUT2D eigenvalue weighted by atomic mass is 16.1. The minimum Gasteiger partial charge on any atom is -0.325 e. The molecule has 0 aliphatic carbocycles. The van der Waals surface area contributed by atoms with E-state index in [4.69, 9.17) is 0 Å². The summed E-state index contributed by atoms with van der Waals surface area (Å²) in [6.45, 7) is 6.49. The van der Waals surface area contributed by atoms with E-state index in [0.717, 1.165) is 23.2 Å². The molecule has 0 aliphatic rings. The Morgan fingerprint density at radius 2 is 1.68 bits per heavy atom. The van der Waals surface area contributed by atoms with Gasteiger partial charge >= 0.3 is 0 Å². The Balaban J connectivity index is 1.91. The SMILES string of the molecule is CCC(NCC(=O)Nc1cc(C)cc(C)c1)c1ccccc1. The van der Waals surface area contributed by atoms with Crippen LogP contribution in [0.1, 0.15) is 36.1 Å². The van der Waals surface area contributed by atoms with Crippen LogP contribution in [0.4, 0.5) is 5.69 Å². The first kappa shape index (κ1) is 16.2. The Kier molecular flexibility index (Phi) is 5.73. The summed E-state index contributed by atoms with van der Waals surface area (Å²) in [5.41, 5.74) is 4.37. The molecule has 3 nitrogen and oxygen atoms in total. The zero-order valence-electron chi connectivity index (χ0n) is 13.5. The van der Waals surface area contributed by atoms with Gasteiger partial charge in [-0.3, -0.25) is 4.79 Å². The molecule has 116 valence electrons. The average Bonchev–Trinajstić information content (AvgIpc) is 2.48. The lowest BCUT2D eigenvalue weighted by Crippen LogP contribution is -2.31. The molecule has 0 saturated carbocycles. The second kappa shape index (κ2) is 7.76. The third-order valence-electron chi connectivity index (χ3n) is 3.62. The van der Waals surface area contributed by atoms with E-state index in [1.54, 1.807) is 0 Å². The van der Waals surface area contributed by atoms with E-state index < -0.39 is 0 Å². The summed E-state index contributed by atoms with van der Waals surface area (Å²) in [5, 5.41) is 6.28. The summed E-state index contributed by atoms with van der Waals surface area (Å²) in [6.07, 6.45) is 0.945. The number of carbonyl (C=O) groups excluding carboxylic acids is 1. The van der Waals surface area contributed by atoms with Crippen molar-refractivity contribution in [3.63, 3.8) is 0 Å². The maximum atomic E-state index is 12.1. The summed E-state index contributed by atoms with van der Waals surface area (Å²) in [5.74, 6) is -0.0145. The van der Waals surface area contributed by atoms with Crippen LogP contribution in [0.5, 0.6) is 0 Å². The molecule has 1 unspecified atom stereocenters. The lowest BCUT2D eigenvalue weighted by molar-refractivity contribution is -0.115. The van der Waals surface area contributed by atoms with Gasteiger partial charge in [0.25, 0.3) is 0 Å². The summed E-state index contributed by atoms with van der Waals surface area (Å²) >= 11 is 0. The van der Waals surface area contributed by atoms with Crippen LogP contribution in [0, 0.1) is 13.8 Å². The molecule has 0 spiro atoms. The van der Waals surface area contributed by atoms with Gasteiger partial charge in [0.2, 0.25) is 5.91 Å². The third-order valence-corrected chi connectivity index (χ3v) is 3.62. The number of rotatable bonds is 6. The van der Waals surface area contributed by atoms with E-state index in [9.17, 15) is 4.79 Å². The molecular formula is C19H24N2O. The maximum absolute atomic E-state index is 12.1. The Morgan fingerprint density at radius 3 is 2.27 bits per heavy atom. The number of aryl methyl sites for hydroxylation is 2. The molecule has 0 bridgehead atoms. The summed E-state index contributed by atoms with van der Waals surface area (Å²) in [7, 11) is 0. The molecule has 1 amide bonds. The molecule has 22 heavy (non-hydrogen) atoms. The number of carbonyl (C=O) groups is 1. The molecule has 2 aromatic rings. The highest BCUT2D eigenvalue weighted by molar-refractivity contribution is 5.92. The molecule has 3 heteroatoms. The second-order valence-corrected chi connectivity index (χ2v) is 5.68. The van der Waals surface area contributed by atoms with Gasteiger partial charge in [0.15, 0.2) is 0 Å². The number of amides is 1. The zero-order valence-corrected chi connectivity index (χ0v) is 13.5. The van der Waals surface area contributed by atoms with Gasteiger partial charge in [-0.25, -0.2) is 0 Å². The van der Waals surface area contributed by atoms with E-state index >= 15 is 0 Å². The molecule has 2 N–H and O–H groups in total. The quantitative estimate of drug-likeness (QED) is 0.846. The van der Waals surface area contributed by atoms with Crippen molar-refractivity contribution in [3.05, 3.63) is 65.2 Å². The fourth-order valence-electron chi connectivity index (χ4n) is 2.65. The van der Waals surface area contributed by atoms with Gasteiger partial charge in [-0.15, -0.1) is 0 Å². The van der Waals surface area contributed by atoms with Crippen molar-refractivity contribution in [3.8, 4) is 0 Å². The summed E-state index contributed by atoms with van der Waals surface area (Å²) < 4.78 is 0. The molecule has 0 aliphatic heterocycles. The van der Waals surface area contributed by atoms with Gasteiger partial charge in [0.1, 0.15) is 0 Å². The number of benzene rings is 2. The van der Waals surface area contributed by atoms with E-state index in [1.807, 2.05) is 44.2 Å². The van der Waals surface area contributed by atoms with Crippen molar-refractivity contribution in [2.24, 2.45) is 0 Å². The predicted molar refractivity (Wildman–Crippen MR) is 92.0 cm³/mol. The summed E-state index contributed by atoms with van der Waals surface area (Å²) in [6, 6.07) is 16.5. The van der Waals surface area contributed by atoms with E-state index in [0.29, 0.717) is 6.54 Å². The van der Waals surface area contributed by atoms with Crippen LogP contribution >= 0.6 is 0 Å². The van der Waals surface area contributed by atoms with Gasteiger partial charge < -0.3 is 10.6 Å². The zero-order chi connectivity index (χ0) is 15.9. The minimum absolute atomic E-state index is 0.0145. The van der Waals surface area contributed by atoms with Crippen molar-refractivity contribution in [1.29, 1.82) is 0 Å². The van der Waals surface area contributed by atoms with Gasteiger partial charge in [-0.2, -0.15) is 0 Å². The van der Waals surface area contributed by atoms with Crippen LogP contribution < -0.4 is 10.6 Å². The molecule has 0 heterocycles. The Labute approximate surface area is 132 Å². The molecule has 1 atom stereocenters. The van der Waals surface area contributed by atoms with Crippen LogP contribution in [-0.4, -0.2) is 12.5 Å². The Morgan fingerprint density at radius 1 is 1.05 bits per heavy atom. The topological polar surface area (TPSA) is 41.1 Å². The molecule has 0 fully saturated rings. The highest BCUT2D eigenvalue weighted by Crippen LogP contribution is 2.16. The standard InChI is InChI=1S/C19H24N2O/c1-4-18(16-8-6-5-7-9-16)20-13-19(22)21-17-11-14(2)10-15(3)12-17/h5-12,18,20H,4,13H2,1-3H3,(H,21,22). The van der Waals surface area contributed by atoms with E-state index in [-0.39, 0.29) is 11.9 Å². The first-order chi connectivity index (χ1) is 10.6. The average molecular weight is 296 g/mol. The van der Waals surface area contributed by atoms with Crippen molar-refractivity contribution in [2.75, 3.05) is 11.9 Å². The monoisotopic (exact) mass is 296 g/mol. The van der Waals surface area contributed by atoms with E-state index in [2.05, 4.69) is 35.8 Å². The van der Waals surface area contributed by atoms with Gasteiger partial charge in [0.05, 0.1) is 6.54 Å².